The number of ether oxygens (including phenoxy) is 1. The number of thiazole rings is 1. The fraction of sp³-hybridized carbons (Fsp3) is 0.214. The summed E-state index contributed by atoms with van der Waals surface area (Å²) >= 11 is 7.01. The van der Waals surface area contributed by atoms with Crippen LogP contribution in [0.3, 0.4) is 0 Å². The van der Waals surface area contributed by atoms with Gasteiger partial charge in [-0.2, -0.15) is 0 Å². The zero-order valence-corrected chi connectivity index (χ0v) is 13.8. The molecule has 1 amide bonds. The molecule has 1 heterocycles. The molecule has 1 N–H and O–H groups in total. The molecular weight excluding hydrogens is 326 g/mol. The van der Waals surface area contributed by atoms with Crippen molar-refractivity contribution in [3.05, 3.63) is 34.3 Å². The fourth-order valence-corrected chi connectivity index (χ4v) is 2.79. The number of halogens is 1. The van der Waals surface area contributed by atoms with Crippen molar-refractivity contribution in [1.29, 1.82) is 0 Å². The third-order valence-corrected chi connectivity index (χ3v) is 4.25. The van der Waals surface area contributed by atoms with E-state index in [0.717, 1.165) is 22.7 Å². The Kier molecular flexibility index (Phi) is 4.99. The van der Waals surface area contributed by atoms with Crippen LogP contribution in [0.4, 0.5) is 16.5 Å². The van der Waals surface area contributed by atoms with Gasteiger partial charge in [-0.05, 0) is 18.2 Å². The first-order valence-corrected chi connectivity index (χ1v) is 7.48. The van der Waals surface area contributed by atoms with Crippen molar-refractivity contribution in [2.24, 2.45) is 0 Å². The molecule has 0 aliphatic heterocycles. The Labute approximate surface area is 136 Å². The summed E-state index contributed by atoms with van der Waals surface area (Å²) in [4.78, 5) is 28.7. The molecule has 8 heteroatoms. The standard InChI is InChI=1S/C14H14ClN3O3S/c1-8(19)18(2)10-6-4-5-9(7-10)16-14-17-12(15)11(22-14)13(20)21-3/h4-7H,1-3H3,(H,16,17). The van der Waals surface area contributed by atoms with Crippen molar-refractivity contribution in [1.82, 2.24) is 4.98 Å². The normalized spacial score (nSPS) is 10.2. The molecule has 0 fully saturated rings. The number of carbonyl (C=O) groups is 2. The van der Waals surface area contributed by atoms with Crippen LogP contribution in [0.25, 0.3) is 0 Å². The number of esters is 1. The number of nitrogens with zero attached hydrogens (tertiary/aromatic N) is 2. The Morgan fingerprint density at radius 1 is 1.41 bits per heavy atom. The second-order valence-corrected chi connectivity index (χ2v) is 5.74. The quantitative estimate of drug-likeness (QED) is 0.865. The van der Waals surface area contributed by atoms with Gasteiger partial charge < -0.3 is 15.0 Å². The monoisotopic (exact) mass is 339 g/mol. The Hall–Kier alpha value is -2.12. The molecular formula is C14H14ClN3O3S. The molecule has 0 radical (unpaired) electrons. The van der Waals surface area contributed by atoms with Crippen LogP contribution in [0, 0.1) is 0 Å². The van der Waals surface area contributed by atoms with Crippen LogP contribution in [0.15, 0.2) is 24.3 Å². The summed E-state index contributed by atoms with van der Waals surface area (Å²) in [6, 6.07) is 7.26. The second-order valence-electron chi connectivity index (χ2n) is 4.38. The minimum atomic E-state index is -0.527. The van der Waals surface area contributed by atoms with Crippen molar-refractivity contribution in [3.8, 4) is 0 Å². The average molecular weight is 340 g/mol. The summed E-state index contributed by atoms with van der Waals surface area (Å²) in [7, 11) is 2.98. The summed E-state index contributed by atoms with van der Waals surface area (Å²) < 4.78 is 4.63. The van der Waals surface area contributed by atoms with E-state index in [1.165, 1.54) is 18.9 Å². The Morgan fingerprint density at radius 3 is 2.77 bits per heavy atom. The van der Waals surface area contributed by atoms with E-state index in [-0.39, 0.29) is 15.9 Å². The Balaban J connectivity index is 2.23. The number of amides is 1. The summed E-state index contributed by atoms with van der Waals surface area (Å²) in [6.45, 7) is 1.49. The highest BCUT2D eigenvalue weighted by atomic mass is 35.5. The molecule has 0 saturated heterocycles. The van der Waals surface area contributed by atoms with Gasteiger partial charge in [0.1, 0.15) is 0 Å². The van der Waals surface area contributed by atoms with Crippen molar-refractivity contribution < 1.29 is 14.3 Å². The smallest absolute Gasteiger partial charge is 0.351 e. The maximum atomic E-state index is 11.5. The van der Waals surface area contributed by atoms with E-state index in [9.17, 15) is 9.59 Å². The van der Waals surface area contributed by atoms with Crippen molar-refractivity contribution in [3.63, 3.8) is 0 Å². The molecule has 0 saturated carbocycles. The lowest BCUT2D eigenvalue weighted by atomic mass is 10.2. The molecule has 22 heavy (non-hydrogen) atoms. The van der Waals surface area contributed by atoms with Crippen LogP contribution in [-0.4, -0.2) is 31.0 Å². The molecule has 1 aromatic heterocycles. The first kappa shape index (κ1) is 16.3. The number of benzene rings is 1. The van der Waals surface area contributed by atoms with Gasteiger partial charge >= 0.3 is 5.97 Å². The third-order valence-electron chi connectivity index (χ3n) is 2.91. The highest BCUT2D eigenvalue weighted by Gasteiger charge is 2.17. The minimum absolute atomic E-state index is 0.0672. The molecule has 0 unspecified atom stereocenters. The van der Waals surface area contributed by atoms with Crippen molar-refractivity contribution in [2.75, 3.05) is 24.4 Å². The molecule has 2 rings (SSSR count). The van der Waals surface area contributed by atoms with E-state index in [2.05, 4.69) is 15.0 Å². The van der Waals surface area contributed by atoms with Crippen LogP contribution >= 0.6 is 22.9 Å². The van der Waals surface area contributed by atoms with Crippen LogP contribution in [-0.2, 0) is 9.53 Å². The average Bonchev–Trinajstić information content (AvgIpc) is 2.86. The first-order chi connectivity index (χ1) is 10.4. The second kappa shape index (κ2) is 6.76. The predicted octanol–water partition coefficient (Wildman–Crippen LogP) is 3.31. The number of rotatable bonds is 4. The lowest BCUT2D eigenvalue weighted by Crippen LogP contribution is -2.22. The van der Waals surface area contributed by atoms with Gasteiger partial charge in [0, 0.05) is 25.3 Å². The maximum absolute atomic E-state index is 11.5. The number of methoxy groups -OCH3 is 1. The number of carbonyl (C=O) groups excluding carboxylic acids is 2. The molecule has 0 atom stereocenters. The minimum Gasteiger partial charge on any atom is -0.465 e. The van der Waals surface area contributed by atoms with Gasteiger partial charge in [-0.15, -0.1) is 0 Å². The van der Waals surface area contributed by atoms with Gasteiger partial charge in [-0.1, -0.05) is 29.0 Å². The Morgan fingerprint density at radius 2 is 2.14 bits per heavy atom. The number of anilines is 3. The summed E-state index contributed by atoms with van der Waals surface area (Å²) in [5.74, 6) is -0.594. The third kappa shape index (κ3) is 3.55. The SMILES string of the molecule is COC(=O)c1sc(Nc2cccc(N(C)C(C)=O)c2)nc1Cl. The molecule has 0 aliphatic rings. The van der Waals surface area contributed by atoms with Crippen LogP contribution in [0.2, 0.25) is 5.15 Å². The Bertz CT molecular complexity index is 717. The molecule has 2 aromatic rings. The van der Waals surface area contributed by atoms with E-state index < -0.39 is 5.97 Å². The van der Waals surface area contributed by atoms with Gasteiger partial charge in [0.25, 0.3) is 0 Å². The molecule has 0 bridgehead atoms. The topological polar surface area (TPSA) is 71.5 Å². The van der Waals surface area contributed by atoms with E-state index >= 15 is 0 Å². The largest absolute Gasteiger partial charge is 0.465 e. The van der Waals surface area contributed by atoms with Gasteiger partial charge in [0.15, 0.2) is 15.2 Å². The lowest BCUT2D eigenvalue weighted by Gasteiger charge is -2.15. The molecule has 116 valence electrons. The fourth-order valence-electron chi connectivity index (χ4n) is 1.67. The van der Waals surface area contributed by atoms with Crippen LogP contribution in [0.1, 0.15) is 16.6 Å². The van der Waals surface area contributed by atoms with Crippen LogP contribution in [0.5, 0.6) is 0 Å². The van der Waals surface area contributed by atoms with Gasteiger partial charge in [-0.3, -0.25) is 4.79 Å². The van der Waals surface area contributed by atoms with Crippen LogP contribution < -0.4 is 10.2 Å². The van der Waals surface area contributed by atoms with Crippen molar-refractivity contribution >= 4 is 51.3 Å². The molecule has 0 aliphatic carbocycles. The molecule has 1 aromatic carbocycles. The van der Waals surface area contributed by atoms with Crippen molar-refractivity contribution in [2.45, 2.75) is 6.92 Å². The van der Waals surface area contributed by atoms with E-state index in [1.807, 2.05) is 18.2 Å². The zero-order chi connectivity index (χ0) is 16.3. The summed E-state index contributed by atoms with van der Waals surface area (Å²) in [5.41, 5.74) is 1.47. The maximum Gasteiger partial charge on any atom is 0.351 e. The molecule has 0 spiro atoms. The highest BCUT2D eigenvalue weighted by molar-refractivity contribution is 7.18. The number of nitrogens with one attached hydrogen (secondary N) is 1. The first-order valence-electron chi connectivity index (χ1n) is 6.28. The van der Waals surface area contributed by atoms with Gasteiger partial charge in [0.2, 0.25) is 5.91 Å². The van der Waals surface area contributed by atoms with E-state index in [4.69, 9.17) is 11.6 Å². The predicted molar refractivity (Wildman–Crippen MR) is 87.3 cm³/mol. The lowest BCUT2D eigenvalue weighted by molar-refractivity contribution is -0.116. The number of hydrogen-bond acceptors (Lipinski definition) is 6. The van der Waals surface area contributed by atoms with Gasteiger partial charge in [0.05, 0.1) is 7.11 Å². The highest BCUT2D eigenvalue weighted by Crippen LogP contribution is 2.30. The molecule has 6 nitrogen and oxygen atoms in total. The summed E-state index contributed by atoms with van der Waals surface area (Å²) in [6.07, 6.45) is 0. The van der Waals surface area contributed by atoms with E-state index in [0.29, 0.717) is 5.13 Å². The number of aromatic nitrogens is 1. The van der Waals surface area contributed by atoms with E-state index in [1.54, 1.807) is 13.1 Å². The zero-order valence-electron chi connectivity index (χ0n) is 12.2. The van der Waals surface area contributed by atoms with Gasteiger partial charge in [-0.25, -0.2) is 9.78 Å². The summed E-state index contributed by atoms with van der Waals surface area (Å²) in [5, 5.41) is 3.62. The number of hydrogen-bond donors (Lipinski definition) is 1.